The molecule has 4 N–H and O–H groups in total. The number of aliphatic hydroxyl groups is 1. The van der Waals surface area contributed by atoms with Crippen LogP contribution in [0, 0.1) is 17.6 Å². The number of hydrogen-bond donors (Lipinski definition) is 3. The Morgan fingerprint density at radius 2 is 1.86 bits per heavy atom. The van der Waals surface area contributed by atoms with Crippen molar-refractivity contribution >= 4 is 17.2 Å². The third-order valence-electron chi connectivity index (χ3n) is 7.59. The van der Waals surface area contributed by atoms with E-state index >= 15 is 8.78 Å². The van der Waals surface area contributed by atoms with Gasteiger partial charge in [0.05, 0.1) is 54.2 Å². The Labute approximate surface area is 212 Å². The molecule has 4 atom stereocenters. The molecule has 1 aromatic carbocycles. The molecule has 1 saturated heterocycles. The van der Waals surface area contributed by atoms with Gasteiger partial charge < -0.3 is 20.9 Å². The summed E-state index contributed by atoms with van der Waals surface area (Å²) in [6.07, 6.45) is 5.99. The number of pyridine rings is 1. The van der Waals surface area contributed by atoms with Crippen molar-refractivity contribution < 1.29 is 18.6 Å². The Balaban J connectivity index is 1.33. The van der Waals surface area contributed by atoms with Crippen LogP contribution in [-0.4, -0.2) is 50.0 Å². The fourth-order valence-corrected chi connectivity index (χ4v) is 5.42. The number of anilines is 2. The smallest absolute Gasteiger partial charge is 0.229 e. The molecule has 37 heavy (non-hydrogen) atoms. The number of halogens is 2. The lowest BCUT2D eigenvalue weighted by atomic mass is 9.74. The van der Waals surface area contributed by atoms with Crippen LogP contribution in [0.5, 0.6) is 0 Å². The highest BCUT2D eigenvalue weighted by Crippen LogP contribution is 2.39. The van der Waals surface area contributed by atoms with E-state index in [0.29, 0.717) is 36.7 Å². The number of benzene rings is 1. The van der Waals surface area contributed by atoms with E-state index in [2.05, 4.69) is 20.4 Å². The number of aliphatic hydroxyl groups excluding tert-OH is 1. The van der Waals surface area contributed by atoms with Gasteiger partial charge in [0.25, 0.3) is 0 Å². The normalized spacial score (nSPS) is 24.2. The molecule has 4 aromatic rings. The first-order chi connectivity index (χ1) is 17.9. The molecule has 1 saturated carbocycles. The summed E-state index contributed by atoms with van der Waals surface area (Å²) in [5, 5.41) is 18.1. The summed E-state index contributed by atoms with van der Waals surface area (Å²) in [5.41, 5.74) is 9.20. The van der Waals surface area contributed by atoms with E-state index in [0.717, 1.165) is 17.7 Å². The van der Waals surface area contributed by atoms with Gasteiger partial charge in [-0.15, -0.1) is 0 Å². The molecule has 0 amide bonds. The molecule has 0 unspecified atom stereocenters. The number of nitrogens with two attached hydrogens (primary N) is 1. The van der Waals surface area contributed by atoms with Crippen molar-refractivity contribution in [3.05, 3.63) is 71.7 Å². The van der Waals surface area contributed by atoms with Gasteiger partial charge in [0.1, 0.15) is 11.6 Å². The molecule has 0 spiro atoms. The molecular weight excluding hydrogens is 478 g/mol. The third kappa shape index (κ3) is 4.35. The van der Waals surface area contributed by atoms with Gasteiger partial charge in [-0.1, -0.05) is 6.92 Å². The summed E-state index contributed by atoms with van der Waals surface area (Å²) < 4.78 is 36.8. The topological polar surface area (TPSA) is 111 Å². The van der Waals surface area contributed by atoms with E-state index in [9.17, 15) is 5.11 Å². The third-order valence-corrected chi connectivity index (χ3v) is 7.59. The fourth-order valence-electron chi connectivity index (χ4n) is 5.42. The fraction of sp³-hybridized carbons (Fsp3) is 0.370. The lowest BCUT2D eigenvalue weighted by Crippen LogP contribution is -2.44. The van der Waals surface area contributed by atoms with Gasteiger partial charge in [0.2, 0.25) is 5.95 Å². The molecule has 8 nitrogen and oxygen atoms in total. The monoisotopic (exact) mass is 506 g/mol. The average Bonchev–Trinajstić information content (AvgIpc) is 3.23. The summed E-state index contributed by atoms with van der Waals surface area (Å²) >= 11 is 0. The highest BCUT2D eigenvalue weighted by Gasteiger charge is 2.34. The van der Waals surface area contributed by atoms with Crippen LogP contribution in [0.25, 0.3) is 16.8 Å². The van der Waals surface area contributed by atoms with Crippen LogP contribution < -0.4 is 11.1 Å². The van der Waals surface area contributed by atoms with E-state index in [4.69, 9.17) is 10.5 Å². The molecule has 0 bridgehead atoms. The highest BCUT2D eigenvalue weighted by molar-refractivity contribution is 5.66. The van der Waals surface area contributed by atoms with Crippen molar-refractivity contribution in [2.45, 2.75) is 43.7 Å². The van der Waals surface area contributed by atoms with Crippen molar-refractivity contribution in [1.29, 1.82) is 0 Å². The minimum absolute atomic E-state index is 0.0107. The Bertz CT molecular complexity index is 1420. The molecule has 2 aliphatic rings. The first-order valence-corrected chi connectivity index (χ1v) is 12.5. The van der Waals surface area contributed by atoms with Crippen molar-refractivity contribution in [1.82, 2.24) is 19.6 Å². The Morgan fingerprint density at radius 1 is 1.08 bits per heavy atom. The van der Waals surface area contributed by atoms with E-state index < -0.39 is 17.7 Å². The number of imidazole rings is 1. The lowest BCUT2D eigenvalue weighted by Gasteiger charge is -2.36. The van der Waals surface area contributed by atoms with Crippen LogP contribution in [0.15, 0.2) is 48.9 Å². The number of rotatable bonds is 5. The zero-order valence-corrected chi connectivity index (χ0v) is 20.3. The first kappa shape index (κ1) is 23.9. The maximum atomic E-state index is 15.0. The van der Waals surface area contributed by atoms with Gasteiger partial charge in [-0.3, -0.25) is 4.98 Å². The minimum atomic E-state index is -0.664. The molecule has 2 fully saturated rings. The van der Waals surface area contributed by atoms with E-state index in [1.165, 1.54) is 16.6 Å². The first-order valence-electron chi connectivity index (χ1n) is 12.5. The highest BCUT2D eigenvalue weighted by atomic mass is 19.1. The molecular formula is C27H28F2N6O2. The van der Waals surface area contributed by atoms with Crippen molar-refractivity contribution in [2.24, 2.45) is 11.7 Å². The van der Waals surface area contributed by atoms with Gasteiger partial charge in [-0.2, -0.15) is 9.61 Å². The van der Waals surface area contributed by atoms with Crippen molar-refractivity contribution in [3.63, 3.8) is 0 Å². The zero-order chi connectivity index (χ0) is 25.7. The average molecular weight is 507 g/mol. The maximum Gasteiger partial charge on any atom is 0.229 e. The number of ether oxygens (including phenoxy) is 1. The van der Waals surface area contributed by atoms with Crippen LogP contribution in [0.4, 0.5) is 20.4 Å². The van der Waals surface area contributed by atoms with Crippen molar-refractivity contribution in [2.75, 3.05) is 18.5 Å². The van der Waals surface area contributed by atoms with Crippen LogP contribution >= 0.6 is 0 Å². The second-order valence-electron chi connectivity index (χ2n) is 10.1. The molecule has 4 heterocycles. The molecule has 1 aliphatic heterocycles. The second-order valence-corrected chi connectivity index (χ2v) is 10.1. The number of aromatic nitrogens is 4. The van der Waals surface area contributed by atoms with Gasteiger partial charge in [-0.25, -0.2) is 13.8 Å². The van der Waals surface area contributed by atoms with Crippen LogP contribution in [0.3, 0.4) is 0 Å². The second kappa shape index (κ2) is 9.44. The molecule has 3 aromatic heterocycles. The minimum Gasteiger partial charge on any atom is -0.391 e. The standard InChI is InChI=1S/C27H28F2N6O2/c1-14-6-16(9-22(30)26(14)36)19-4-5-31-11-24(19)33-27-32-10-18-2-3-23(34-35(18)27)25-20(28)7-15(8-21(25)29)17-12-37-13-17/h2-5,7-8,10-11,14,16-17,22,26,36H,6,9,12-13,30H2,1H3,(H,32,33)/t14-,16+,22+,26+/m0/s1. The molecule has 192 valence electrons. The van der Waals surface area contributed by atoms with Crippen molar-refractivity contribution in [3.8, 4) is 11.3 Å². The van der Waals surface area contributed by atoms with E-state index in [1.54, 1.807) is 30.7 Å². The summed E-state index contributed by atoms with van der Waals surface area (Å²) in [7, 11) is 0. The predicted octanol–water partition coefficient (Wildman–Crippen LogP) is 4.13. The summed E-state index contributed by atoms with van der Waals surface area (Å²) in [5.74, 6) is -0.721. The number of hydrogen-bond acceptors (Lipinski definition) is 7. The summed E-state index contributed by atoms with van der Waals surface area (Å²) in [6.45, 7) is 2.94. The molecule has 1 aliphatic carbocycles. The Kier molecular flexibility index (Phi) is 6.10. The van der Waals surface area contributed by atoms with E-state index in [1.807, 2.05) is 13.0 Å². The molecule has 0 radical (unpaired) electrons. The summed E-state index contributed by atoms with van der Waals surface area (Å²) in [6, 6.07) is 7.66. The van der Waals surface area contributed by atoms with Crippen LogP contribution in [0.2, 0.25) is 0 Å². The SMILES string of the molecule is C[C@H]1C[C@@H](c2ccncc2Nc2ncc3ccc(-c4c(F)cc(C5COC5)cc4F)nn23)C[C@@H](N)[C@@H]1O. The number of fused-ring (bicyclic) bond motifs is 1. The Hall–Kier alpha value is -3.47. The predicted molar refractivity (Wildman–Crippen MR) is 135 cm³/mol. The summed E-state index contributed by atoms with van der Waals surface area (Å²) in [4.78, 5) is 8.72. The number of nitrogens with one attached hydrogen (secondary N) is 1. The van der Waals surface area contributed by atoms with Crippen LogP contribution in [0.1, 0.15) is 42.7 Å². The van der Waals surface area contributed by atoms with E-state index in [-0.39, 0.29) is 35.1 Å². The lowest BCUT2D eigenvalue weighted by molar-refractivity contribution is 0.00822. The van der Waals surface area contributed by atoms with Crippen LogP contribution in [-0.2, 0) is 4.74 Å². The Morgan fingerprint density at radius 3 is 2.57 bits per heavy atom. The largest absolute Gasteiger partial charge is 0.391 e. The maximum absolute atomic E-state index is 15.0. The molecule has 6 rings (SSSR count). The zero-order valence-electron chi connectivity index (χ0n) is 20.3. The number of nitrogens with zero attached hydrogens (tertiary/aromatic N) is 4. The quantitative estimate of drug-likeness (QED) is 0.373. The molecule has 10 heteroatoms. The van der Waals surface area contributed by atoms with Gasteiger partial charge in [0.15, 0.2) is 0 Å². The van der Waals surface area contributed by atoms with Gasteiger partial charge in [0, 0.05) is 18.2 Å². The van der Waals surface area contributed by atoms with Gasteiger partial charge >= 0.3 is 0 Å². The van der Waals surface area contributed by atoms with Gasteiger partial charge in [-0.05, 0) is 66.1 Å².